The molecule has 1 atom stereocenters. The first-order chi connectivity index (χ1) is 16.2. The van der Waals surface area contributed by atoms with Crippen LogP contribution in [-0.4, -0.2) is 33.0 Å². The number of methoxy groups -OCH3 is 3. The van der Waals surface area contributed by atoms with Crippen LogP contribution in [0.1, 0.15) is 42.7 Å². The first-order valence-corrected chi connectivity index (χ1v) is 10.8. The summed E-state index contributed by atoms with van der Waals surface area (Å²) in [6.07, 6.45) is -3.18. The third kappa shape index (κ3) is 4.10. The molecule has 0 bridgehead atoms. The Labute approximate surface area is 194 Å². The van der Waals surface area contributed by atoms with Gasteiger partial charge in [-0.05, 0) is 43.2 Å². The van der Waals surface area contributed by atoms with Crippen molar-refractivity contribution in [2.75, 3.05) is 26.2 Å². The van der Waals surface area contributed by atoms with Crippen LogP contribution in [0.5, 0.6) is 17.2 Å². The van der Waals surface area contributed by atoms with Gasteiger partial charge in [0.1, 0.15) is 5.75 Å². The summed E-state index contributed by atoms with van der Waals surface area (Å²) in [6, 6.07) is 7.77. The second-order valence-corrected chi connectivity index (χ2v) is 8.12. The molecular formula is C25H24F3NO5. The highest BCUT2D eigenvalue weighted by molar-refractivity contribution is 6.07. The van der Waals surface area contributed by atoms with Gasteiger partial charge in [-0.1, -0.05) is 0 Å². The number of alkyl halides is 3. The van der Waals surface area contributed by atoms with Crippen LogP contribution in [0, 0.1) is 0 Å². The molecule has 1 aliphatic heterocycles. The smallest absolute Gasteiger partial charge is 0.416 e. The summed E-state index contributed by atoms with van der Waals surface area (Å²) < 4.78 is 55.4. The van der Waals surface area contributed by atoms with Crippen molar-refractivity contribution in [2.24, 2.45) is 0 Å². The van der Waals surface area contributed by atoms with E-state index in [0.717, 1.165) is 12.1 Å². The number of rotatable bonds is 5. The fourth-order valence-corrected chi connectivity index (χ4v) is 4.68. The predicted molar refractivity (Wildman–Crippen MR) is 118 cm³/mol. The highest BCUT2D eigenvalue weighted by atomic mass is 19.4. The van der Waals surface area contributed by atoms with Gasteiger partial charge in [0.05, 0.1) is 26.9 Å². The van der Waals surface area contributed by atoms with E-state index in [9.17, 15) is 22.8 Å². The summed E-state index contributed by atoms with van der Waals surface area (Å²) in [4.78, 5) is 27.9. The number of carbonyl (C=O) groups excluding carboxylic acids is 2. The van der Waals surface area contributed by atoms with Gasteiger partial charge in [0.25, 0.3) is 0 Å². The molecule has 1 aliphatic carbocycles. The van der Waals surface area contributed by atoms with Gasteiger partial charge in [0, 0.05) is 47.3 Å². The lowest BCUT2D eigenvalue weighted by Crippen LogP contribution is -2.40. The molecule has 180 valence electrons. The van der Waals surface area contributed by atoms with Crippen molar-refractivity contribution in [3.63, 3.8) is 0 Å². The zero-order valence-electron chi connectivity index (χ0n) is 19.0. The minimum Gasteiger partial charge on any atom is -0.496 e. The number of nitrogens with zero attached hydrogens (tertiary/aromatic N) is 1. The fourth-order valence-electron chi connectivity index (χ4n) is 4.68. The second kappa shape index (κ2) is 9.04. The van der Waals surface area contributed by atoms with Crippen molar-refractivity contribution < 1.29 is 37.0 Å². The summed E-state index contributed by atoms with van der Waals surface area (Å²) in [6.45, 7) is 0. The van der Waals surface area contributed by atoms with E-state index in [1.807, 2.05) is 0 Å². The molecule has 34 heavy (non-hydrogen) atoms. The number of allylic oxidation sites excluding steroid dienone is 2. The summed E-state index contributed by atoms with van der Waals surface area (Å²) in [5.41, 5.74) is 1.12. The molecule has 0 spiro atoms. The topological polar surface area (TPSA) is 65.1 Å². The van der Waals surface area contributed by atoms with Crippen molar-refractivity contribution in [2.45, 2.75) is 37.8 Å². The van der Waals surface area contributed by atoms with E-state index in [-0.39, 0.29) is 18.1 Å². The first-order valence-electron chi connectivity index (χ1n) is 10.8. The van der Waals surface area contributed by atoms with Gasteiger partial charge in [-0.3, -0.25) is 14.5 Å². The SMILES string of the molecule is COc1cc(OC)c([C@H]2CC(=O)N(c3ccc(C(F)(F)F)cc3)C3=C2C(=O)CCC3)cc1OC. The number of hydrogen-bond donors (Lipinski definition) is 0. The molecule has 0 fully saturated rings. The Hall–Kier alpha value is -3.49. The van der Waals surface area contributed by atoms with Gasteiger partial charge >= 0.3 is 6.18 Å². The van der Waals surface area contributed by atoms with Crippen LogP contribution in [0.25, 0.3) is 0 Å². The van der Waals surface area contributed by atoms with E-state index >= 15 is 0 Å². The molecule has 2 aromatic carbocycles. The molecule has 0 saturated heterocycles. The van der Waals surface area contributed by atoms with Gasteiger partial charge in [-0.2, -0.15) is 13.2 Å². The van der Waals surface area contributed by atoms with E-state index in [1.165, 1.54) is 38.4 Å². The lowest BCUT2D eigenvalue weighted by molar-refractivity contribution is -0.137. The van der Waals surface area contributed by atoms with Crippen LogP contribution < -0.4 is 19.1 Å². The number of carbonyl (C=O) groups is 2. The average Bonchev–Trinajstić information content (AvgIpc) is 2.82. The van der Waals surface area contributed by atoms with Crippen molar-refractivity contribution in [3.8, 4) is 17.2 Å². The molecule has 2 aromatic rings. The highest BCUT2D eigenvalue weighted by Crippen LogP contribution is 2.48. The Kier molecular flexibility index (Phi) is 6.29. The Morgan fingerprint density at radius 3 is 2.09 bits per heavy atom. The maximum atomic E-state index is 13.4. The monoisotopic (exact) mass is 475 g/mol. The molecular weight excluding hydrogens is 451 g/mol. The van der Waals surface area contributed by atoms with E-state index in [1.54, 1.807) is 12.1 Å². The van der Waals surface area contributed by atoms with Crippen LogP contribution in [0.2, 0.25) is 0 Å². The number of ketones is 1. The molecule has 4 rings (SSSR count). The number of ether oxygens (including phenoxy) is 3. The van der Waals surface area contributed by atoms with Gasteiger partial charge in [-0.25, -0.2) is 0 Å². The molecule has 6 nitrogen and oxygen atoms in total. The molecule has 1 heterocycles. The number of amides is 1. The largest absolute Gasteiger partial charge is 0.496 e. The fraction of sp³-hybridized carbons (Fsp3) is 0.360. The zero-order valence-corrected chi connectivity index (χ0v) is 19.0. The van der Waals surface area contributed by atoms with Crippen LogP contribution in [0.3, 0.4) is 0 Å². The van der Waals surface area contributed by atoms with E-state index < -0.39 is 17.7 Å². The predicted octanol–water partition coefficient (Wildman–Crippen LogP) is 5.26. The quantitative estimate of drug-likeness (QED) is 0.591. The van der Waals surface area contributed by atoms with Crippen molar-refractivity contribution in [1.29, 1.82) is 0 Å². The van der Waals surface area contributed by atoms with Gasteiger partial charge in [-0.15, -0.1) is 0 Å². The maximum Gasteiger partial charge on any atom is 0.416 e. The summed E-state index contributed by atoms with van der Waals surface area (Å²) in [5, 5.41) is 0. The van der Waals surface area contributed by atoms with Crippen LogP contribution in [-0.2, 0) is 15.8 Å². The molecule has 1 amide bonds. The number of Topliss-reactive ketones (excluding diaryl/α,β-unsaturated/α-hetero) is 1. The Morgan fingerprint density at radius 2 is 1.50 bits per heavy atom. The van der Waals surface area contributed by atoms with E-state index in [2.05, 4.69) is 0 Å². The third-order valence-electron chi connectivity index (χ3n) is 6.24. The number of halogens is 3. The third-order valence-corrected chi connectivity index (χ3v) is 6.24. The van der Waals surface area contributed by atoms with Crippen LogP contribution in [0.4, 0.5) is 18.9 Å². The molecule has 0 N–H and O–H groups in total. The van der Waals surface area contributed by atoms with Crippen molar-refractivity contribution in [3.05, 3.63) is 58.8 Å². The Bertz CT molecular complexity index is 1150. The Balaban J connectivity index is 1.85. The van der Waals surface area contributed by atoms with E-state index in [0.29, 0.717) is 59.0 Å². The molecule has 2 aliphatic rings. The summed E-state index contributed by atoms with van der Waals surface area (Å²) in [7, 11) is 4.47. The second-order valence-electron chi connectivity index (χ2n) is 8.12. The van der Waals surface area contributed by atoms with Gasteiger partial charge in [0.15, 0.2) is 17.3 Å². The molecule has 0 aromatic heterocycles. The molecule has 0 unspecified atom stereocenters. The minimum atomic E-state index is -4.48. The number of hydrogen-bond acceptors (Lipinski definition) is 5. The van der Waals surface area contributed by atoms with Crippen molar-refractivity contribution >= 4 is 17.4 Å². The lowest BCUT2D eigenvalue weighted by Gasteiger charge is -2.38. The highest BCUT2D eigenvalue weighted by Gasteiger charge is 2.41. The minimum absolute atomic E-state index is 0.0442. The zero-order chi connectivity index (χ0) is 24.6. The standard InChI is InChI=1S/C25H24F3NO5/c1-32-20-13-22(34-3)21(33-2)11-16(20)17-12-23(31)29(18-5-4-6-19(30)24(17)18)15-9-7-14(8-10-15)25(26,27)28/h7-11,13,17H,4-6,12H2,1-3H3/t17-/m1/s1. The van der Waals surface area contributed by atoms with E-state index in [4.69, 9.17) is 14.2 Å². The lowest BCUT2D eigenvalue weighted by atomic mass is 9.76. The maximum absolute atomic E-state index is 13.4. The molecule has 9 heteroatoms. The van der Waals surface area contributed by atoms with Gasteiger partial charge < -0.3 is 14.2 Å². The van der Waals surface area contributed by atoms with Crippen LogP contribution >= 0.6 is 0 Å². The summed E-state index contributed by atoms with van der Waals surface area (Å²) >= 11 is 0. The van der Waals surface area contributed by atoms with Gasteiger partial charge in [0.2, 0.25) is 5.91 Å². The Morgan fingerprint density at radius 1 is 0.882 bits per heavy atom. The molecule has 0 radical (unpaired) electrons. The average molecular weight is 475 g/mol. The van der Waals surface area contributed by atoms with Crippen LogP contribution in [0.15, 0.2) is 47.7 Å². The first kappa shape index (κ1) is 23.7. The van der Waals surface area contributed by atoms with Crippen molar-refractivity contribution in [1.82, 2.24) is 0 Å². The number of anilines is 1. The normalized spacial score (nSPS) is 18.6. The molecule has 0 saturated carbocycles. The summed E-state index contributed by atoms with van der Waals surface area (Å²) in [5.74, 6) is 0.351. The number of benzene rings is 2.